The molecule has 0 fully saturated rings. The van der Waals surface area contributed by atoms with E-state index in [2.05, 4.69) is 39.6 Å². The standard InChI is InChI=1S/C17H18N4/c1-11-8-14(17(18)21-10-11)16(19-2)13-5-6-15-12(9-13)4-3-7-20-15/h3-10,16,19H,1-2H3,(H2,18,21). The van der Waals surface area contributed by atoms with Crippen LogP contribution in [0.25, 0.3) is 10.9 Å². The first-order valence-corrected chi connectivity index (χ1v) is 6.93. The molecule has 0 spiro atoms. The fourth-order valence-electron chi connectivity index (χ4n) is 2.61. The van der Waals surface area contributed by atoms with Gasteiger partial charge in [-0.05, 0) is 49.4 Å². The van der Waals surface area contributed by atoms with Crippen molar-refractivity contribution in [2.24, 2.45) is 0 Å². The number of nitrogens with one attached hydrogen (secondary N) is 1. The van der Waals surface area contributed by atoms with Gasteiger partial charge in [0.05, 0.1) is 11.6 Å². The van der Waals surface area contributed by atoms with E-state index in [0.29, 0.717) is 5.82 Å². The summed E-state index contributed by atoms with van der Waals surface area (Å²) in [6.07, 6.45) is 3.59. The first-order valence-electron chi connectivity index (χ1n) is 6.93. The lowest BCUT2D eigenvalue weighted by atomic mass is 9.97. The van der Waals surface area contributed by atoms with E-state index in [1.54, 1.807) is 12.4 Å². The highest BCUT2D eigenvalue weighted by atomic mass is 14.9. The van der Waals surface area contributed by atoms with Crippen molar-refractivity contribution < 1.29 is 0 Å². The van der Waals surface area contributed by atoms with Crippen molar-refractivity contribution in [1.82, 2.24) is 15.3 Å². The van der Waals surface area contributed by atoms with E-state index in [0.717, 1.165) is 27.6 Å². The molecule has 0 amide bonds. The highest BCUT2D eigenvalue weighted by molar-refractivity contribution is 5.79. The van der Waals surface area contributed by atoms with Gasteiger partial charge in [0.1, 0.15) is 5.82 Å². The molecule has 4 heteroatoms. The molecule has 0 radical (unpaired) electrons. The summed E-state index contributed by atoms with van der Waals surface area (Å²) in [5.74, 6) is 0.561. The van der Waals surface area contributed by atoms with Crippen LogP contribution in [0.1, 0.15) is 22.7 Å². The molecule has 0 saturated carbocycles. The average Bonchev–Trinajstić information content (AvgIpc) is 2.51. The van der Waals surface area contributed by atoms with E-state index in [1.165, 1.54) is 0 Å². The summed E-state index contributed by atoms with van der Waals surface area (Å²) < 4.78 is 0. The van der Waals surface area contributed by atoms with E-state index in [-0.39, 0.29) is 6.04 Å². The third-order valence-corrected chi connectivity index (χ3v) is 3.65. The van der Waals surface area contributed by atoms with E-state index in [1.807, 2.05) is 26.1 Å². The number of nitrogen functional groups attached to an aromatic ring is 1. The Morgan fingerprint density at radius 3 is 2.81 bits per heavy atom. The molecule has 2 heterocycles. The van der Waals surface area contributed by atoms with Crippen LogP contribution in [0.2, 0.25) is 0 Å². The van der Waals surface area contributed by atoms with E-state index in [4.69, 9.17) is 5.73 Å². The fourth-order valence-corrected chi connectivity index (χ4v) is 2.61. The third-order valence-electron chi connectivity index (χ3n) is 3.65. The number of aryl methyl sites for hydroxylation is 1. The largest absolute Gasteiger partial charge is 0.383 e. The minimum atomic E-state index is 0.0157. The number of benzene rings is 1. The molecular formula is C17H18N4. The molecule has 3 N–H and O–H groups in total. The maximum atomic E-state index is 6.05. The Labute approximate surface area is 124 Å². The first-order chi connectivity index (χ1) is 10.2. The van der Waals surface area contributed by atoms with Crippen molar-refractivity contribution in [2.45, 2.75) is 13.0 Å². The van der Waals surface area contributed by atoms with Crippen LogP contribution < -0.4 is 11.1 Å². The molecule has 0 saturated heterocycles. The quantitative estimate of drug-likeness (QED) is 0.773. The van der Waals surface area contributed by atoms with Crippen LogP contribution in [0.3, 0.4) is 0 Å². The van der Waals surface area contributed by atoms with Gasteiger partial charge in [-0.15, -0.1) is 0 Å². The number of anilines is 1. The highest BCUT2D eigenvalue weighted by Gasteiger charge is 2.16. The van der Waals surface area contributed by atoms with Gasteiger partial charge >= 0.3 is 0 Å². The SMILES string of the molecule is CNC(c1ccc2ncccc2c1)c1cc(C)cnc1N. The topological polar surface area (TPSA) is 63.8 Å². The Bertz CT molecular complexity index is 783. The minimum absolute atomic E-state index is 0.0157. The molecule has 106 valence electrons. The summed E-state index contributed by atoms with van der Waals surface area (Å²) in [7, 11) is 1.93. The number of rotatable bonds is 3. The van der Waals surface area contributed by atoms with Gasteiger partial charge < -0.3 is 11.1 Å². The molecule has 0 aliphatic heterocycles. The van der Waals surface area contributed by atoms with Gasteiger partial charge in [-0.3, -0.25) is 4.98 Å². The van der Waals surface area contributed by atoms with Crippen LogP contribution >= 0.6 is 0 Å². The van der Waals surface area contributed by atoms with Gasteiger partial charge in [0.25, 0.3) is 0 Å². The van der Waals surface area contributed by atoms with Crippen LogP contribution in [0.4, 0.5) is 5.82 Å². The van der Waals surface area contributed by atoms with Crippen LogP contribution in [0, 0.1) is 6.92 Å². The molecule has 3 rings (SSSR count). The van der Waals surface area contributed by atoms with Crippen molar-refractivity contribution >= 4 is 16.7 Å². The summed E-state index contributed by atoms with van der Waals surface area (Å²) in [6, 6.07) is 12.4. The molecule has 2 aromatic heterocycles. The van der Waals surface area contributed by atoms with Crippen LogP contribution in [0.15, 0.2) is 48.8 Å². The predicted octanol–water partition coefficient (Wildman–Crippen LogP) is 2.83. The highest BCUT2D eigenvalue weighted by Crippen LogP contribution is 2.28. The molecular weight excluding hydrogens is 260 g/mol. The molecule has 21 heavy (non-hydrogen) atoms. The van der Waals surface area contributed by atoms with Crippen molar-refractivity contribution in [3.8, 4) is 0 Å². The Hall–Kier alpha value is -2.46. The maximum Gasteiger partial charge on any atom is 0.128 e. The Kier molecular flexibility index (Phi) is 3.54. The number of hydrogen-bond donors (Lipinski definition) is 2. The number of pyridine rings is 2. The van der Waals surface area contributed by atoms with Gasteiger partial charge in [-0.2, -0.15) is 0 Å². The van der Waals surface area contributed by atoms with Crippen LogP contribution in [-0.2, 0) is 0 Å². The molecule has 0 aliphatic carbocycles. The fraction of sp³-hybridized carbons (Fsp3) is 0.176. The Morgan fingerprint density at radius 2 is 2.00 bits per heavy atom. The van der Waals surface area contributed by atoms with Crippen molar-refractivity contribution in [2.75, 3.05) is 12.8 Å². The monoisotopic (exact) mass is 278 g/mol. The van der Waals surface area contributed by atoms with E-state index < -0.39 is 0 Å². The summed E-state index contributed by atoms with van der Waals surface area (Å²) in [5.41, 5.74) is 10.3. The zero-order valence-corrected chi connectivity index (χ0v) is 12.2. The minimum Gasteiger partial charge on any atom is -0.383 e. The number of hydrogen-bond acceptors (Lipinski definition) is 4. The molecule has 1 aromatic carbocycles. The Balaban J connectivity index is 2.11. The summed E-state index contributed by atoms with van der Waals surface area (Å²) in [5, 5.41) is 4.45. The van der Waals surface area contributed by atoms with E-state index >= 15 is 0 Å². The summed E-state index contributed by atoms with van der Waals surface area (Å²) in [4.78, 5) is 8.62. The molecule has 0 bridgehead atoms. The number of nitrogens with zero attached hydrogens (tertiary/aromatic N) is 2. The van der Waals surface area contributed by atoms with Crippen molar-refractivity contribution in [1.29, 1.82) is 0 Å². The average molecular weight is 278 g/mol. The molecule has 4 nitrogen and oxygen atoms in total. The molecule has 1 atom stereocenters. The maximum absolute atomic E-state index is 6.05. The second-order valence-corrected chi connectivity index (χ2v) is 5.16. The number of aromatic nitrogens is 2. The van der Waals surface area contributed by atoms with Gasteiger partial charge in [-0.1, -0.05) is 12.1 Å². The zero-order chi connectivity index (χ0) is 14.8. The van der Waals surface area contributed by atoms with Crippen LogP contribution in [0.5, 0.6) is 0 Å². The second-order valence-electron chi connectivity index (χ2n) is 5.16. The lowest BCUT2D eigenvalue weighted by Gasteiger charge is -2.19. The molecule has 1 unspecified atom stereocenters. The first kappa shape index (κ1) is 13.5. The van der Waals surface area contributed by atoms with Crippen molar-refractivity contribution in [3.05, 3.63) is 65.5 Å². The van der Waals surface area contributed by atoms with Crippen molar-refractivity contribution in [3.63, 3.8) is 0 Å². The second kappa shape index (κ2) is 5.50. The van der Waals surface area contributed by atoms with E-state index in [9.17, 15) is 0 Å². The summed E-state index contributed by atoms with van der Waals surface area (Å²) in [6.45, 7) is 2.02. The lowest BCUT2D eigenvalue weighted by molar-refractivity contribution is 0.691. The van der Waals surface area contributed by atoms with Crippen LogP contribution in [-0.4, -0.2) is 17.0 Å². The number of fused-ring (bicyclic) bond motifs is 1. The van der Waals surface area contributed by atoms with Gasteiger partial charge in [0.2, 0.25) is 0 Å². The third kappa shape index (κ3) is 2.58. The van der Waals surface area contributed by atoms with Gasteiger partial charge in [0.15, 0.2) is 0 Å². The smallest absolute Gasteiger partial charge is 0.128 e. The Morgan fingerprint density at radius 1 is 1.14 bits per heavy atom. The molecule has 0 aliphatic rings. The normalized spacial score (nSPS) is 12.5. The summed E-state index contributed by atoms with van der Waals surface area (Å²) >= 11 is 0. The van der Waals surface area contributed by atoms with Gasteiger partial charge in [-0.25, -0.2) is 4.98 Å². The predicted molar refractivity (Wildman–Crippen MR) is 86.0 cm³/mol. The zero-order valence-electron chi connectivity index (χ0n) is 12.2. The number of nitrogens with two attached hydrogens (primary N) is 1. The molecule has 3 aromatic rings. The van der Waals surface area contributed by atoms with Gasteiger partial charge in [0, 0.05) is 23.3 Å². The lowest BCUT2D eigenvalue weighted by Crippen LogP contribution is -2.19.